The number of halogens is 2. The van der Waals surface area contributed by atoms with Gasteiger partial charge in [0.2, 0.25) is 0 Å². The summed E-state index contributed by atoms with van der Waals surface area (Å²) >= 11 is 0. The zero-order valence-corrected chi connectivity index (χ0v) is 20.6. The van der Waals surface area contributed by atoms with Crippen molar-refractivity contribution >= 4 is 16.7 Å². The molecule has 0 spiro atoms. The van der Waals surface area contributed by atoms with E-state index in [1.165, 1.54) is 0 Å². The van der Waals surface area contributed by atoms with Gasteiger partial charge in [-0.1, -0.05) is 18.2 Å². The highest BCUT2D eigenvalue weighted by Gasteiger charge is 2.23. The minimum Gasteiger partial charge on any atom is -0.349 e. The molecule has 0 aliphatic carbocycles. The molecule has 2 aromatic heterocycles. The van der Waals surface area contributed by atoms with Crippen molar-refractivity contribution in [1.29, 1.82) is 0 Å². The van der Waals surface area contributed by atoms with E-state index in [1.807, 2.05) is 49.5 Å². The maximum absolute atomic E-state index is 13.2. The van der Waals surface area contributed by atoms with Crippen LogP contribution in [0.25, 0.3) is 22.0 Å². The number of rotatable bonds is 7. The van der Waals surface area contributed by atoms with Gasteiger partial charge in [0.1, 0.15) is 0 Å². The van der Waals surface area contributed by atoms with Gasteiger partial charge in [0.15, 0.2) is 0 Å². The molecular weight excluding hydrogens is 476 g/mol. The van der Waals surface area contributed by atoms with Crippen molar-refractivity contribution in [3.05, 3.63) is 88.5 Å². The number of aryl methyl sites for hydroxylation is 1. The SMILES string of the molecule is Cn1nccc1-c1ccc2c(=O)n(Cc3cccc(C(=O)NC4CCN(CC(F)F)CC4)c3)ccc2c1. The summed E-state index contributed by atoms with van der Waals surface area (Å²) in [6.45, 7) is 1.21. The molecular formula is C28H29F2N5O2. The van der Waals surface area contributed by atoms with Gasteiger partial charge in [0.25, 0.3) is 17.9 Å². The topological polar surface area (TPSA) is 72.2 Å². The van der Waals surface area contributed by atoms with Crippen molar-refractivity contribution < 1.29 is 13.6 Å². The number of amides is 1. The molecule has 0 bridgehead atoms. The summed E-state index contributed by atoms with van der Waals surface area (Å²) in [4.78, 5) is 27.8. The lowest BCUT2D eigenvalue weighted by molar-refractivity contribution is 0.0696. The Bertz CT molecular complexity index is 1470. The summed E-state index contributed by atoms with van der Waals surface area (Å²) in [5.74, 6) is -0.192. The fourth-order valence-electron chi connectivity index (χ4n) is 4.96. The largest absolute Gasteiger partial charge is 0.349 e. The maximum Gasteiger partial charge on any atom is 0.258 e. The van der Waals surface area contributed by atoms with Crippen LogP contribution in [0.4, 0.5) is 8.78 Å². The minimum absolute atomic E-state index is 0.0376. The Morgan fingerprint density at radius 1 is 1.11 bits per heavy atom. The molecule has 1 saturated heterocycles. The van der Waals surface area contributed by atoms with Gasteiger partial charge in [0.05, 0.1) is 18.8 Å². The number of fused-ring (bicyclic) bond motifs is 1. The molecule has 1 aliphatic rings. The Labute approximate surface area is 213 Å². The Morgan fingerprint density at radius 3 is 2.65 bits per heavy atom. The number of nitrogens with zero attached hydrogens (tertiary/aromatic N) is 4. The van der Waals surface area contributed by atoms with Crippen LogP contribution in [0.1, 0.15) is 28.8 Å². The highest BCUT2D eigenvalue weighted by atomic mass is 19.3. The molecule has 1 fully saturated rings. The molecule has 7 nitrogen and oxygen atoms in total. The highest BCUT2D eigenvalue weighted by Crippen LogP contribution is 2.22. The molecule has 1 N–H and O–H groups in total. The fourth-order valence-corrected chi connectivity index (χ4v) is 4.96. The van der Waals surface area contributed by atoms with Gasteiger partial charge >= 0.3 is 0 Å². The van der Waals surface area contributed by atoms with E-state index in [0.29, 0.717) is 43.4 Å². The quantitative estimate of drug-likeness (QED) is 0.414. The number of benzene rings is 2. The van der Waals surface area contributed by atoms with E-state index in [9.17, 15) is 18.4 Å². The van der Waals surface area contributed by atoms with Crippen LogP contribution in [-0.4, -0.2) is 57.3 Å². The van der Waals surface area contributed by atoms with E-state index in [0.717, 1.165) is 22.2 Å². The molecule has 0 radical (unpaired) electrons. The average Bonchev–Trinajstić information content (AvgIpc) is 3.32. The Kier molecular flexibility index (Phi) is 7.14. The molecule has 0 atom stereocenters. The second kappa shape index (κ2) is 10.6. The molecule has 192 valence electrons. The van der Waals surface area contributed by atoms with Crippen LogP contribution in [0, 0.1) is 0 Å². The molecule has 9 heteroatoms. The van der Waals surface area contributed by atoms with Gasteiger partial charge in [-0.3, -0.25) is 19.2 Å². The molecule has 3 heterocycles. The third-order valence-corrected chi connectivity index (χ3v) is 6.95. The van der Waals surface area contributed by atoms with Crippen molar-refractivity contribution in [2.75, 3.05) is 19.6 Å². The van der Waals surface area contributed by atoms with Gasteiger partial charge in [-0.25, -0.2) is 8.78 Å². The lowest BCUT2D eigenvalue weighted by Gasteiger charge is -2.32. The zero-order valence-electron chi connectivity index (χ0n) is 20.6. The van der Waals surface area contributed by atoms with Crippen LogP contribution < -0.4 is 10.9 Å². The number of pyridine rings is 1. The van der Waals surface area contributed by atoms with Gasteiger partial charge in [-0.2, -0.15) is 5.10 Å². The molecule has 2 aromatic carbocycles. The first-order chi connectivity index (χ1) is 17.9. The second-order valence-electron chi connectivity index (χ2n) is 9.53. The van der Waals surface area contributed by atoms with Gasteiger partial charge in [-0.05, 0) is 60.2 Å². The summed E-state index contributed by atoms with van der Waals surface area (Å²) in [5, 5.41) is 8.72. The Morgan fingerprint density at radius 2 is 1.92 bits per heavy atom. The molecule has 37 heavy (non-hydrogen) atoms. The smallest absolute Gasteiger partial charge is 0.258 e. The van der Waals surface area contributed by atoms with E-state index < -0.39 is 6.43 Å². The van der Waals surface area contributed by atoms with Crippen molar-refractivity contribution in [2.45, 2.75) is 31.9 Å². The summed E-state index contributed by atoms with van der Waals surface area (Å²) in [6.07, 6.45) is 2.47. The summed E-state index contributed by atoms with van der Waals surface area (Å²) in [5.41, 5.74) is 3.22. The van der Waals surface area contributed by atoms with Crippen LogP contribution in [0.2, 0.25) is 0 Å². The zero-order chi connectivity index (χ0) is 25.9. The normalized spacial score (nSPS) is 14.9. The van der Waals surface area contributed by atoms with Crippen molar-refractivity contribution in [3.8, 4) is 11.3 Å². The number of hydrogen-bond donors (Lipinski definition) is 1. The minimum atomic E-state index is -2.34. The van der Waals surface area contributed by atoms with Crippen molar-refractivity contribution in [2.24, 2.45) is 7.05 Å². The van der Waals surface area contributed by atoms with Crippen LogP contribution >= 0.6 is 0 Å². The van der Waals surface area contributed by atoms with Crippen LogP contribution in [0.3, 0.4) is 0 Å². The second-order valence-corrected chi connectivity index (χ2v) is 9.53. The predicted octanol–water partition coefficient (Wildman–Crippen LogP) is 3.91. The lowest BCUT2D eigenvalue weighted by atomic mass is 10.0. The first-order valence-corrected chi connectivity index (χ1v) is 12.4. The number of alkyl halides is 2. The number of likely N-dealkylation sites (tertiary alicyclic amines) is 1. The average molecular weight is 506 g/mol. The first kappa shape index (κ1) is 24.8. The predicted molar refractivity (Wildman–Crippen MR) is 139 cm³/mol. The summed E-state index contributed by atoms with van der Waals surface area (Å²) in [6, 6.07) is 16.8. The molecule has 0 saturated carbocycles. The third-order valence-electron chi connectivity index (χ3n) is 6.95. The third kappa shape index (κ3) is 5.61. The van der Waals surface area contributed by atoms with Crippen LogP contribution in [-0.2, 0) is 13.6 Å². The first-order valence-electron chi connectivity index (χ1n) is 12.4. The number of carbonyl (C=O) groups is 1. The van der Waals surface area contributed by atoms with Gasteiger partial charge in [-0.15, -0.1) is 0 Å². The van der Waals surface area contributed by atoms with E-state index in [-0.39, 0.29) is 24.1 Å². The van der Waals surface area contributed by atoms with E-state index >= 15 is 0 Å². The summed E-state index contributed by atoms with van der Waals surface area (Å²) in [7, 11) is 1.88. The van der Waals surface area contributed by atoms with Gasteiger partial charge < -0.3 is 9.88 Å². The standard InChI is InChI=1S/C28H29F2N5O2/c1-33-25(7-11-31-33)21-5-6-24-20(16-21)8-14-35(28(24)37)17-19-3-2-4-22(15-19)27(36)32-23-9-12-34(13-10-23)18-26(29)30/h2-8,11,14-16,23,26H,9-10,12-13,17-18H2,1H3,(H,32,36). The number of carbonyl (C=O) groups excluding carboxylic acids is 1. The van der Waals surface area contributed by atoms with Crippen molar-refractivity contribution in [1.82, 2.24) is 24.6 Å². The van der Waals surface area contributed by atoms with Crippen LogP contribution in [0.5, 0.6) is 0 Å². The Balaban J connectivity index is 1.27. The molecule has 0 unspecified atom stereocenters. The number of nitrogens with one attached hydrogen (secondary N) is 1. The van der Waals surface area contributed by atoms with Crippen molar-refractivity contribution in [3.63, 3.8) is 0 Å². The fraction of sp³-hybridized carbons (Fsp3) is 0.321. The molecule has 5 rings (SSSR count). The maximum atomic E-state index is 13.2. The van der Waals surface area contributed by atoms with E-state index in [2.05, 4.69) is 10.4 Å². The lowest BCUT2D eigenvalue weighted by Crippen LogP contribution is -2.45. The summed E-state index contributed by atoms with van der Waals surface area (Å²) < 4.78 is 28.6. The highest BCUT2D eigenvalue weighted by molar-refractivity contribution is 5.94. The van der Waals surface area contributed by atoms with E-state index in [1.54, 1.807) is 38.7 Å². The van der Waals surface area contributed by atoms with Crippen LogP contribution in [0.15, 0.2) is 71.8 Å². The monoisotopic (exact) mass is 505 g/mol. The molecule has 4 aromatic rings. The molecule has 1 amide bonds. The molecule has 1 aliphatic heterocycles. The number of piperidine rings is 1. The van der Waals surface area contributed by atoms with E-state index in [4.69, 9.17) is 0 Å². The Hall–Kier alpha value is -3.85. The number of hydrogen-bond acceptors (Lipinski definition) is 4. The number of aromatic nitrogens is 3. The van der Waals surface area contributed by atoms with Gasteiger partial charge in [0, 0.05) is 55.1 Å².